The molecule has 1 aromatic rings. The number of hydrogen-bond acceptors (Lipinski definition) is 6. The van der Waals surface area contributed by atoms with Gasteiger partial charge in [-0.3, -0.25) is 14.4 Å². The van der Waals surface area contributed by atoms with Crippen LogP contribution >= 0.6 is 0 Å². The van der Waals surface area contributed by atoms with Crippen molar-refractivity contribution in [1.29, 1.82) is 4.78 Å². The summed E-state index contributed by atoms with van der Waals surface area (Å²) in [6.45, 7) is 1.22. The quantitative estimate of drug-likeness (QED) is 0.405. The lowest BCUT2D eigenvalue weighted by Crippen LogP contribution is -2.44. The molecule has 0 bridgehead atoms. The minimum absolute atomic E-state index is 0.229. The summed E-state index contributed by atoms with van der Waals surface area (Å²) in [4.78, 5) is 21.6. The molecule has 0 aromatic heterocycles. The Balaban J connectivity index is 2.99. The number of nitrogens with one attached hydrogen (secondary N) is 2. The minimum atomic E-state index is -5.12. The fourth-order valence-corrected chi connectivity index (χ4v) is 3.80. The zero-order chi connectivity index (χ0) is 21.8. The number of nitrogens with two attached hydrogens (primary N) is 1. The number of amides is 1. The maximum atomic E-state index is 13.5. The Morgan fingerprint density at radius 2 is 1.79 bits per heavy atom. The van der Waals surface area contributed by atoms with Crippen molar-refractivity contribution in [3.05, 3.63) is 29.8 Å². The molecular formula is C16H22F3N3O5S. The summed E-state index contributed by atoms with van der Waals surface area (Å²) in [6.07, 6.45) is -6.51. The molecule has 0 spiro atoms. The fraction of sp³-hybridized carbons (Fsp3) is 0.500. The summed E-state index contributed by atoms with van der Waals surface area (Å²) in [5.74, 6) is -3.10. The van der Waals surface area contributed by atoms with Crippen LogP contribution in [0.4, 0.5) is 18.9 Å². The van der Waals surface area contributed by atoms with Crippen LogP contribution in [-0.2, 0) is 24.9 Å². The second-order valence-electron chi connectivity index (χ2n) is 6.32. The Hall–Kier alpha value is -2.18. The van der Waals surface area contributed by atoms with Gasteiger partial charge in [-0.25, -0.2) is 4.21 Å². The molecular weight excluding hydrogens is 403 g/mol. The molecule has 3 atom stereocenters. The lowest BCUT2D eigenvalue weighted by atomic mass is 9.90. The third kappa shape index (κ3) is 6.46. The number of hydrogen-bond donors (Lipinski definition) is 5. The van der Waals surface area contributed by atoms with Crippen LogP contribution in [0.25, 0.3) is 0 Å². The average Bonchev–Trinajstić information content (AvgIpc) is 2.56. The number of benzene rings is 1. The Bertz CT molecular complexity index is 812. The molecule has 28 heavy (non-hydrogen) atoms. The van der Waals surface area contributed by atoms with Crippen LogP contribution in [0, 0.1) is 4.78 Å². The van der Waals surface area contributed by atoms with Gasteiger partial charge >= 0.3 is 12.1 Å². The zero-order valence-electron chi connectivity index (χ0n) is 15.0. The number of anilines is 1. The molecule has 0 aliphatic carbocycles. The van der Waals surface area contributed by atoms with Crippen molar-refractivity contribution in [2.75, 3.05) is 16.8 Å². The zero-order valence-corrected chi connectivity index (χ0v) is 15.8. The van der Waals surface area contributed by atoms with Crippen LogP contribution in [0.1, 0.15) is 25.3 Å². The van der Waals surface area contributed by atoms with Gasteiger partial charge in [0.25, 0.3) is 0 Å². The van der Waals surface area contributed by atoms with E-state index in [0.717, 1.165) is 12.1 Å². The van der Waals surface area contributed by atoms with Crippen molar-refractivity contribution in [1.82, 2.24) is 0 Å². The summed E-state index contributed by atoms with van der Waals surface area (Å²) in [5, 5.41) is 21.3. The van der Waals surface area contributed by atoms with E-state index in [1.165, 1.54) is 19.1 Å². The molecule has 2 unspecified atom stereocenters. The highest BCUT2D eigenvalue weighted by atomic mass is 32.2. The third-order valence-corrected chi connectivity index (χ3v) is 5.78. The second-order valence-corrected chi connectivity index (χ2v) is 8.76. The second kappa shape index (κ2) is 8.88. The van der Waals surface area contributed by atoms with Gasteiger partial charge in [0.2, 0.25) is 5.91 Å². The van der Waals surface area contributed by atoms with Gasteiger partial charge in [0.1, 0.15) is 6.04 Å². The summed E-state index contributed by atoms with van der Waals surface area (Å²) in [5.41, 5.74) is 1.58. The van der Waals surface area contributed by atoms with Crippen LogP contribution in [0.5, 0.6) is 0 Å². The first-order chi connectivity index (χ1) is 12.7. The summed E-state index contributed by atoms with van der Waals surface area (Å²) >= 11 is 0. The number of alkyl halides is 3. The van der Waals surface area contributed by atoms with E-state index in [2.05, 4.69) is 5.32 Å². The van der Waals surface area contributed by atoms with Crippen molar-refractivity contribution < 1.29 is 37.2 Å². The van der Waals surface area contributed by atoms with Gasteiger partial charge in [-0.05, 0) is 24.1 Å². The molecule has 0 aliphatic rings. The van der Waals surface area contributed by atoms with Crippen LogP contribution < -0.4 is 11.1 Å². The predicted molar refractivity (Wildman–Crippen MR) is 96.1 cm³/mol. The van der Waals surface area contributed by atoms with Gasteiger partial charge < -0.3 is 21.3 Å². The molecule has 6 N–H and O–H groups in total. The number of aliphatic hydroxyl groups is 1. The minimum Gasteiger partial charge on any atom is -0.480 e. The normalized spacial score (nSPS) is 17.2. The van der Waals surface area contributed by atoms with Crippen molar-refractivity contribution in [2.45, 2.75) is 37.6 Å². The number of halogens is 3. The van der Waals surface area contributed by atoms with E-state index >= 15 is 0 Å². The van der Waals surface area contributed by atoms with E-state index in [1.54, 1.807) is 0 Å². The molecule has 158 valence electrons. The van der Waals surface area contributed by atoms with Crippen molar-refractivity contribution in [3.8, 4) is 0 Å². The molecule has 0 heterocycles. The number of carboxylic acid groups (broad SMARTS) is 1. The fourth-order valence-electron chi connectivity index (χ4n) is 2.34. The SMILES string of the molecule is CC(=O)Nc1ccc(C(O)(CCS(=N)(=O)CC[C@H](N)C(=O)O)C(F)(F)F)cc1. The Kier molecular flexibility index (Phi) is 7.57. The lowest BCUT2D eigenvalue weighted by Gasteiger charge is -2.31. The highest BCUT2D eigenvalue weighted by Gasteiger charge is 2.54. The van der Waals surface area contributed by atoms with E-state index < -0.39 is 62.9 Å². The first-order valence-corrected chi connectivity index (χ1v) is 9.97. The van der Waals surface area contributed by atoms with E-state index in [-0.39, 0.29) is 12.1 Å². The Labute approximate surface area is 159 Å². The van der Waals surface area contributed by atoms with Gasteiger partial charge in [0, 0.05) is 40.3 Å². The molecule has 0 saturated heterocycles. The monoisotopic (exact) mass is 425 g/mol. The van der Waals surface area contributed by atoms with Crippen molar-refractivity contribution in [3.63, 3.8) is 0 Å². The lowest BCUT2D eigenvalue weighted by molar-refractivity contribution is -0.267. The van der Waals surface area contributed by atoms with Crippen LogP contribution in [-0.4, -0.2) is 50.0 Å². The Morgan fingerprint density at radius 1 is 1.25 bits per heavy atom. The van der Waals surface area contributed by atoms with Gasteiger partial charge in [-0.1, -0.05) is 12.1 Å². The molecule has 0 radical (unpaired) electrons. The molecule has 8 nitrogen and oxygen atoms in total. The summed E-state index contributed by atoms with van der Waals surface area (Å²) in [7, 11) is -3.60. The molecule has 1 amide bonds. The van der Waals surface area contributed by atoms with E-state index in [0.29, 0.717) is 0 Å². The average molecular weight is 425 g/mol. The van der Waals surface area contributed by atoms with Gasteiger partial charge in [-0.2, -0.15) is 13.2 Å². The number of carboxylic acids is 1. The van der Waals surface area contributed by atoms with E-state index in [1.807, 2.05) is 0 Å². The third-order valence-electron chi connectivity index (χ3n) is 4.02. The molecule has 1 rings (SSSR count). The smallest absolute Gasteiger partial charge is 0.421 e. The number of carbonyl (C=O) groups is 2. The standard InChI is InChI=1S/C16H22F3N3O5S/c1-10(23)22-12-4-2-11(3-5-12)15(26,16(17,18)19)7-9-28(21,27)8-6-13(20)14(24)25/h2-5,13,21,26H,6-9,20H2,1H3,(H,22,23)(H,24,25)/t13-,15?,28?/m0/s1. The predicted octanol–water partition coefficient (Wildman–Crippen LogP) is 1.63. The maximum Gasteiger partial charge on any atom is 0.421 e. The van der Waals surface area contributed by atoms with E-state index in [9.17, 15) is 32.1 Å². The highest BCUT2D eigenvalue weighted by Crippen LogP contribution is 2.42. The van der Waals surface area contributed by atoms with Crippen LogP contribution in [0.15, 0.2) is 24.3 Å². The van der Waals surface area contributed by atoms with Gasteiger partial charge in [0.05, 0.1) is 0 Å². The van der Waals surface area contributed by atoms with Crippen molar-refractivity contribution in [2.24, 2.45) is 5.73 Å². The molecule has 0 saturated carbocycles. The van der Waals surface area contributed by atoms with Gasteiger partial charge in [-0.15, -0.1) is 0 Å². The van der Waals surface area contributed by atoms with Crippen LogP contribution in [0.3, 0.4) is 0 Å². The molecule has 12 heteroatoms. The molecule has 0 fully saturated rings. The Morgan fingerprint density at radius 3 is 2.21 bits per heavy atom. The first kappa shape index (κ1) is 23.9. The van der Waals surface area contributed by atoms with E-state index in [4.69, 9.17) is 15.6 Å². The maximum absolute atomic E-state index is 13.5. The number of rotatable bonds is 9. The van der Waals surface area contributed by atoms with Crippen molar-refractivity contribution >= 4 is 27.3 Å². The summed E-state index contributed by atoms with van der Waals surface area (Å²) < 4.78 is 60.4. The topological polar surface area (TPSA) is 154 Å². The summed E-state index contributed by atoms with van der Waals surface area (Å²) in [6, 6.07) is 2.93. The number of aliphatic carboxylic acids is 1. The highest BCUT2D eigenvalue weighted by molar-refractivity contribution is 7.92. The first-order valence-electron chi connectivity index (χ1n) is 8.08. The van der Waals surface area contributed by atoms with Crippen LogP contribution in [0.2, 0.25) is 0 Å². The number of carbonyl (C=O) groups excluding carboxylic acids is 1. The van der Waals surface area contributed by atoms with Gasteiger partial charge in [0.15, 0.2) is 5.60 Å². The molecule has 0 aliphatic heterocycles. The largest absolute Gasteiger partial charge is 0.480 e. The molecule has 1 aromatic carbocycles.